The molecule has 1 aromatic carbocycles. The SMILES string of the molecule is Cc1cc2nc(CCC(=O)NCCN3CCCOC3=O)[nH]c2cc1C. The van der Waals surface area contributed by atoms with Crippen molar-refractivity contribution in [3.63, 3.8) is 0 Å². The molecule has 0 spiro atoms. The fraction of sp³-hybridized carbons (Fsp3) is 0.500. The van der Waals surface area contributed by atoms with Gasteiger partial charge in [0.05, 0.1) is 17.6 Å². The molecule has 0 radical (unpaired) electrons. The first-order chi connectivity index (χ1) is 12.0. The van der Waals surface area contributed by atoms with Gasteiger partial charge in [-0.2, -0.15) is 0 Å². The third kappa shape index (κ3) is 4.29. The zero-order valence-corrected chi connectivity index (χ0v) is 14.7. The van der Waals surface area contributed by atoms with E-state index in [1.807, 2.05) is 0 Å². The molecule has 1 aliphatic heterocycles. The highest BCUT2D eigenvalue weighted by Gasteiger charge is 2.18. The van der Waals surface area contributed by atoms with Crippen LogP contribution in [-0.4, -0.2) is 53.1 Å². The fourth-order valence-electron chi connectivity index (χ4n) is 2.89. The summed E-state index contributed by atoms with van der Waals surface area (Å²) in [6.07, 6.45) is 1.46. The topological polar surface area (TPSA) is 87.3 Å². The number of benzene rings is 1. The monoisotopic (exact) mass is 344 g/mol. The number of hydrogen-bond donors (Lipinski definition) is 2. The van der Waals surface area contributed by atoms with Crippen LogP contribution in [-0.2, 0) is 16.0 Å². The molecule has 1 aliphatic rings. The van der Waals surface area contributed by atoms with Crippen LogP contribution in [0.1, 0.15) is 29.8 Å². The maximum absolute atomic E-state index is 12.0. The fourth-order valence-corrected chi connectivity index (χ4v) is 2.89. The first-order valence-corrected chi connectivity index (χ1v) is 8.67. The van der Waals surface area contributed by atoms with Crippen molar-refractivity contribution < 1.29 is 14.3 Å². The van der Waals surface area contributed by atoms with Gasteiger partial charge in [0.1, 0.15) is 5.82 Å². The number of cyclic esters (lactones) is 1. The molecule has 7 heteroatoms. The molecule has 1 fully saturated rings. The number of imidazole rings is 1. The summed E-state index contributed by atoms with van der Waals surface area (Å²) in [7, 11) is 0. The van der Waals surface area contributed by atoms with Crippen LogP contribution in [0.4, 0.5) is 4.79 Å². The molecule has 2 N–H and O–H groups in total. The molecular weight excluding hydrogens is 320 g/mol. The minimum atomic E-state index is -0.298. The number of carbonyl (C=O) groups excluding carboxylic acids is 2. The first kappa shape index (κ1) is 17.3. The summed E-state index contributed by atoms with van der Waals surface area (Å²) in [6.45, 7) is 6.22. The summed E-state index contributed by atoms with van der Waals surface area (Å²) in [5, 5.41) is 2.84. The van der Waals surface area contributed by atoms with E-state index in [4.69, 9.17) is 4.74 Å². The van der Waals surface area contributed by atoms with Gasteiger partial charge >= 0.3 is 6.09 Å². The normalized spacial score (nSPS) is 14.6. The molecule has 0 bridgehead atoms. The number of nitrogens with zero attached hydrogens (tertiary/aromatic N) is 2. The Morgan fingerprint density at radius 1 is 1.36 bits per heavy atom. The van der Waals surface area contributed by atoms with Gasteiger partial charge < -0.3 is 19.9 Å². The largest absolute Gasteiger partial charge is 0.449 e. The van der Waals surface area contributed by atoms with E-state index in [0.29, 0.717) is 39.1 Å². The summed E-state index contributed by atoms with van der Waals surface area (Å²) in [4.78, 5) is 32.9. The Morgan fingerprint density at radius 3 is 2.96 bits per heavy atom. The summed E-state index contributed by atoms with van der Waals surface area (Å²) in [5.74, 6) is 0.771. The molecule has 2 aromatic rings. The predicted molar refractivity (Wildman–Crippen MR) is 94.4 cm³/mol. The highest BCUT2D eigenvalue weighted by molar-refractivity contribution is 5.78. The lowest BCUT2D eigenvalue weighted by Crippen LogP contribution is -2.42. The number of nitrogens with one attached hydrogen (secondary N) is 2. The van der Waals surface area contributed by atoms with Gasteiger partial charge in [-0.3, -0.25) is 4.79 Å². The lowest BCUT2D eigenvalue weighted by molar-refractivity contribution is -0.121. The Balaban J connectivity index is 1.45. The molecule has 0 aliphatic carbocycles. The molecule has 134 valence electrons. The highest BCUT2D eigenvalue weighted by atomic mass is 16.6. The summed E-state index contributed by atoms with van der Waals surface area (Å²) < 4.78 is 4.96. The Morgan fingerprint density at radius 2 is 2.16 bits per heavy atom. The van der Waals surface area contributed by atoms with Crippen molar-refractivity contribution >= 4 is 23.0 Å². The molecule has 3 rings (SSSR count). The molecule has 1 aromatic heterocycles. The Bertz CT molecular complexity index is 745. The quantitative estimate of drug-likeness (QED) is 0.840. The zero-order chi connectivity index (χ0) is 17.8. The van der Waals surface area contributed by atoms with Gasteiger partial charge in [0.2, 0.25) is 5.91 Å². The molecule has 0 saturated carbocycles. The third-order valence-corrected chi connectivity index (χ3v) is 4.50. The third-order valence-electron chi connectivity index (χ3n) is 4.50. The van der Waals surface area contributed by atoms with Gasteiger partial charge in [0.15, 0.2) is 0 Å². The smallest absolute Gasteiger partial charge is 0.409 e. The average Bonchev–Trinajstić information content (AvgIpc) is 2.97. The van der Waals surface area contributed by atoms with Crippen LogP contribution in [0.25, 0.3) is 11.0 Å². The van der Waals surface area contributed by atoms with Gasteiger partial charge in [-0.25, -0.2) is 9.78 Å². The Kier molecular flexibility index (Phi) is 5.21. The molecule has 25 heavy (non-hydrogen) atoms. The van der Waals surface area contributed by atoms with Crippen molar-refractivity contribution in [1.82, 2.24) is 20.2 Å². The maximum atomic E-state index is 12.0. The van der Waals surface area contributed by atoms with E-state index < -0.39 is 0 Å². The van der Waals surface area contributed by atoms with E-state index in [0.717, 1.165) is 23.3 Å². The molecule has 2 heterocycles. The van der Waals surface area contributed by atoms with E-state index in [-0.39, 0.29) is 12.0 Å². The lowest BCUT2D eigenvalue weighted by Gasteiger charge is -2.26. The van der Waals surface area contributed by atoms with Gasteiger partial charge in [0, 0.05) is 32.5 Å². The van der Waals surface area contributed by atoms with Crippen molar-refractivity contribution in [3.8, 4) is 0 Å². The number of ether oxygens (including phenoxy) is 1. The van der Waals surface area contributed by atoms with Gasteiger partial charge in [-0.1, -0.05) is 0 Å². The summed E-state index contributed by atoms with van der Waals surface area (Å²) in [6, 6.07) is 4.14. The van der Waals surface area contributed by atoms with E-state index in [9.17, 15) is 9.59 Å². The van der Waals surface area contributed by atoms with E-state index in [1.165, 1.54) is 11.1 Å². The van der Waals surface area contributed by atoms with E-state index in [2.05, 4.69) is 41.3 Å². The molecule has 7 nitrogen and oxygen atoms in total. The number of rotatable bonds is 6. The predicted octanol–water partition coefficient (Wildman–Crippen LogP) is 2.07. The van der Waals surface area contributed by atoms with Crippen LogP contribution in [0.3, 0.4) is 0 Å². The molecule has 0 unspecified atom stereocenters. The number of aryl methyl sites for hydroxylation is 3. The van der Waals surface area contributed by atoms with E-state index >= 15 is 0 Å². The average molecular weight is 344 g/mol. The molecular formula is C18H24N4O3. The number of H-pyrrole nitrogens is 1. The standard InChI is InChI=1S/C18H24N4O3/c1-12-10-14-15(11-13(12)2)21-16(20-14)4-5-17(23)19-6-8-22-7-3-9-25-18(22)24/h10-11H,3-9H2,1-2H3,(H,19,23)(H,20,21). The van der Waals surface area contributed by atoms with Crippen LogP contribution in [0.2, 0.25) is 0 Å². The number of amides is 2. The molecule has 2 amide bonds. The number of carbonyl (C=O) groups is 2. The second kappa shape index (κ2) is 7.55. The first-order valence-electron chi connectivity index (χ1n) is 8.67. The Labute approximate surface area is 146 Å². The van der Waals surface area contributed by atoms with Crippen molar-refractivity contribution in [1.29, 1.82) is 0 Å². The van der Waals surface area contributed by atoms with Crippen LogP contribution < -0.4 is 5.32 Å². The Hall–Kier alpha value is -2.57. The van der Waals surface area contributed by atoms with Crippen molar-refractivity contribution in [3.05, 3.63) is 29.1 Å². The van der Waals surface area contributed by atoms with Crippen molar-refractivity contribution in [2.45, 2.75) is 33.1 Å². The zero-order valence-electron chi connectivity index (χ0n) is 14.7. The van der Waals surface area contributed by atoms with Crippen LogP contribution in [0.5, 0.6) is 0 Å². The molecule has 0 atom stereocenters. The second-order valence-electron chi connectivity index (χ2n) is 6.44. The van der Waals surface area contributed by atoms with Crippen molar-refractivity contribution in [2.75, 3.05) is 26.2 Å². The van der Waals surface area contributed by atoms with Gasteiger partial charge in [0.25, 0.3) is 0 Å². The highest BCUT2D eigenvalue weighted by Crippen LogP contribution is 2.17. The van der Waals surface area contributed by atoms with Crippen LogP contribution in [0.15, 0.2) is 12.1 Å². The number of hydrogen-bond acceptors (Lipinski definition) is 4. The second-order valence-corrected chi connectivity index (χ2v) is 6.44. The number of fused-ring (bicyclic) bond motifs is 1. The minimum Gasteiger partial charge on any atom is -0.449 e. The molecule has 1 saturated heterocycles. The summed E-state index contributed by atoms with van der Waals surface area (Å²) >= 11 is 0. The number of aromatic amines is 1. The van der Waals surface area contributed by atoms with Gasteiger partial charge in [-0.05, 0) is 43.5 Å². The van der Waals surface area contributed by atoms with Crippen LogP contribution in [0, 0.1) is 13.8 Å². The summed E-state index contributed by atoms with van der Waals surface area (Å²) in [5.41, 5.74) is 4.36. The maximum Gasteiger partial charge on any atom is 0.409 e. The van der Waals surface area contributed by atoms with Gasteiger partial charge in [-0.15, -0.1) is 0 Å². The number of aromatic nitrogens is 2. The van der Waals surface area contributed by atoms with Crippen LogP contribution >= 0.6 is 0 Å². The minimum absolute atomic E-state index is 0.0433. The van der Waals surface area contributed by atoms with E-state index in [1.54, 1.807) is 4.90 Å². The van der Waals surface area contributed by atoms with Crippen molar-refractivity contribution in [2.24, 2.45) is 0 Å². The lowest BCUT2D eigenvalue weighted by atomic mass is 10.1.